The van der Waals surface area contributed by atoms with E-state index < -0.39 is 23.3 Å². The zero-order valence-electron chi connectivity index (χ0n) is 19.0. The fourth-order valence-corrected chi connectivity index (χ4v) is 2.65. The van der Waals surface area contributed by atoms with Gasteiger partial charge >= 0.3 is 6.09 Å². The third-order valence-electron chi connectivity index (χ3n) is 4.16. The number of nitrogens with zero attached hydrogens (tertiary/aromatic N) is 1. The van der Waals surface area contributed by atoms with Gasteiger partial charge in [-0.15, -0.1) is 0 Å². The van der Waals surface area contributed by atoms with Crippen molar-refractivity contribution in [3.8, 4) is 0 Å². The molecule has 0 aliphatic heterocycles. The van der Waals surface area contributed by atoms with Crippen LogP contribution in [-0.2, 0) is 9.53 Å². The summed E-state index contributed by atoms with van der Waals surface area (Å²) in [7, 11) is 0. The van der Waals surface area contributed by atoms with Crippen molar-refractivity contribution in [1.29, 1.82) is 0 Å². The van der Waals surface area contributed by atoms with E-state index in [2.05, 4.69) is 16.1 Å². The number of nitrogens with one attached hydrogen (secondary N) is 3. The Kier molecular flexibility index (Phi) is 7.00. The van der Waals surface area contributed by atoms with Crippen LogP contribution >= 0.6 is 0 Å². The molecule has 0 radical (unpaired) electrons. The molecule has 2 rings (SSSR count). The van der Waals surface area contributed by atoms with Crippen molar-refractivity contribution in [3.05, 3.63) is 23.8 Å². The lowest BCUT2D eigenvalue weighted by Gasteiger charge is -2.31. The molecule has 1 aliphatic carbocycles. The molecule has 166 valence electrons. The van der Waals surface area contributed by atoms with Gasteiger partial charge in [0.1, 0.15) is 17.9 Å². The molecule has 8 nitrogen and oxygen atoms in total. The monoisotopic (exact) mass is 418 g/mol. The molecule has 30 heavy (non-hydrogen) atoms. The summed E-state index contributed by atoms with van der Waals surface area (Å²) >= 11 is 0. The average Bonchev–Trinajstić information content (AvgIpc) is 3.40. The van der Waals surface area contributed by atoms with Crippen molar-refractivity contribution in [3.63, 3.8) is 0 Å². The first-order valence-electron chi connectivity index (χ1n) is 10.3. The number of anilines is 2. The maximum Gasteiger partial charge on any atom is 0.429 e. The predicted molar refractivity (Wildman–Crippen MR) is 118 cm³/mol. The molecule has 0 heterocycles. The zero-order valence-corrected chi connectivity index (χ0v) is 19.0. The van der Waals surface area contributed by atoms with E-state index in [1.807, 2.05) is 20.8 Å². The second-order valence-corrected chi connectivity index (χ2v) is 9.69. The number of rotatable bonds is 7. The third kappa shape index (κ3) is 6.93. The van der Waals surface area contributed by atoms with E-state index in [9.17, 15) is 14.4 Å². The molecule has 1 atom stereocenters. The number of amides is 2. The van der Waals surface area contributed by atoms with Crippen molar-refractivity contribution in [2.24, 2.45) is 0 Å². The van der Waals surface area contributed by atoms with Crippen LogP contribution in [0.25, 0.3) is 0 Å². The number of carbonyl (C=O) groups excluding carboxylic acids is 3. The molecule has 8 heteroatoms. The zero-order chi connectivity index (χ0) is 22.7. The van der Waals surface area contributed by atoms with E-state index in [0.717, 1.165) is 17.9 Å². The van der Waals surface area contributed by atoms with Gasteiger partial charge in [-0.3, -0.25) is 10.2 Å². The highest BCUT2D eigenvalue weighted by Crippen LogP contribution is 2.33. The summed E-state index contributed by atoms with van der Waals surface area (Å²) in [5, 5.41) is 7.48. The van der Waals surface area contributed by atoms with Crippen LogP contribution in [0.4, 0.5) is 16.2 Å². The lowest BCUT2D eigenvalue weighted by atomic mass is 10.1. The van der Waals surface area contributed by atoms with E-state index >= 15 is 0 Å². The largest absolute Gasteiger partial charge is 0.442 e. The summed E-state index contributed by atoms with van der Waals surface area (Å²) in [4.78, 5) is 37.0. The normalized spacial score (nSPS) is 15.0. The number of hydrazine groups is 1. The average molecular weight is 419 g/mol. The highest BCUT2D eigenvalue weighted by Gasteiger charge is 2.30. The predicted octanol–water partition coefficient (Wildman–Crippen LogP) is 3.94. The van der Waals surface area contributed by atoms with Crippen LogP contribution in [0.15, 0.2) is 18.2 Å². The smallest absolute Gasteiger partial charge is 0.429 e. The molecule has 2 amide bonds. The number of carbonyl (C=O) groups is 3. The Hall–Kier alpha value is -2.77. The Labute approximate surface area is 178 Å². The fourth-order valence-electron chi connectivity index (χ4n) is 2.65. The lowest BCUT2D eigenvalue weighted by Crippen LogP contribution is -2.46. The van der Waals surface area contributed by atoms with Gasteiger partial charge < -0.3 is 20.2 Å². The van der Waals surface area contributed by atoms with Gasteiger partial charge in [0.15, 0.2) is 0 Å². The van der Waals surface area contributed by atoms with Crippen LogP contribution in [0.3, 0.4) is 0 Å². The molecule has 1 fully saturated rings. The van der Waals surface area contributed by atoms with Gasteiger partial charge in [0.05, 0.1) is 16.9 Å². The Balaban J connectivity index is 2.39. The summed E-state index contributed by atoms with van der Waals surface area (Å²) < 4.78 is 5.44. The molecule has 1 saturated carbocycles. The highest BCUT2D eigenvalue weighted by molar-refractivity contribution is 6.03. The summed E-state index contributed by atoms with van der Waals surface area (Å²) in [6, 6.07) is 4.72. The van der Waals surface area contributed by atoms with Crippen LogP contribution < -0.4 is 16.1 Å². The summed E-state index contributed by atoms with van der Waals surface area (Å²) in [6.07, 6.45) is 2.00. The van der Waals surface area contributed by atoms with Crippen molar-refractivity contribution < 1.29 is 19.1 Å². The van der Waals surface area contributed by atoms with E-state index in [4.69, 9.17) is 4.74 Å². The third-order valence-corrected chi connectivity index (χ3v) is 4.16. The van der Waals surface area contributed by atoms with Gasteiger partial charge in [-0.1, -0.05) is 6.07 Å². The molecule has 0 aromatic heterocycles. The van der Waals surface area contributed by atoms with Gasteiger partial charge in [0, 0.05) is 11.6 Å². The minimum Gasteiger partial charge on any atom is -0.442 e. The molecule has 3 N–H and O–H groups in total. The minimum absolute atomic E-state index is 0.221. The maximum absolute atomic E-state index is 12.9. The van der Waals surface area contributed by atoms with Crippen molar-refractivity contribution >= 4 is 29.7 Å². The number of hydrogen-bond donors (Lipinski definition) is 3. The number of benzene rings is 1. The van der Waals surface area contributed by atoms with E-state index in [1.165, 1.54) is 0 Å². The van der Waals surface area contributed by atoms with Gasteiger partial charge in [0.25, 0.3) is 5.91 Å². The van der Waals surface area contributed by atoms with Crippen LogP contribution in [0.2, 0.25) is 0 Å². The number of hydrogen-bond acceptors (Lipinski definition) is 6. The summed E-state index contributed by atoms with van der Waals surface area (Å²) in [5.74, 6) is -0.221. The molecule has 1 unspecified atom stereocenters. The van der Waals surface area contributed by atoms with Gasteiger partial charge in [-0.05, 0) is 73.4 Å². The molecule has 0 spiro atoms. The first kappa shape index (κ1) is 23.5. The molecular weight excluding hydrogens is 384 g/mol. The van der Waals surface area contributed by atoms with Gasteiger partial charge in [-0.2, -0.15) is 0 Å². The second-order valence-electron chi connectivity index (χ2n) is 9.69. The van der Waals surface area contributed by atoms with Crippen LogP contribution in [-0.4, -0.2) is 46.5 Å². The molecule has 1 aromatic carbocycles. The summed E-state index contributed by atoms with van der Waals surface area (Å²) in [6.45, 7) is 12.6. The summed E-state index contributed by atoms with van der Waals surface area (Å²) in [5.41, 5.74) is 3.45. The Morgan fingerprint density at radius 2 is 1.80 bits per heavy atom. The quantitative estimate of drug-likeness (QED) is 0.458. The van der Waals surface area contributed by atoms with Gasteiger partial charge in [-0.25, -0.2) is 9.80 Å². The lowest BCUT2D eigenvalue weighted by molar-refractivity contribution is -0.111. The minimum atomic E-state index is -0.777. The maximum atomic E-state index is 12.9. The first-order chi connectivity index (χ1) is 13.8. The molecule has 0 bridgehead atoms. The standard InChI is InChI=1S/C22H34N4O4/c1-14(13-27)26(20(29)30-22(5,6)7)25-17-10-8-9-16(18(17)23-15-11-12-15)19(28)24-21(2,3)4/h8-10,13-15,23,25H,11-12H2,1-7H3,(H,24,28). The van der Waals surface area contributed by atoms with Crippen molar-refractivity contribution in [1.82, 2.24) is 10.3 Å². The van der Waals surface area contributed by atoms with Crippen molar-refractivity contribution in [2.45, 2.75) is 84.5 Å². The number of aldehydes is 1. The fraction of sp³-hybridized carbons (Fsp3) is 0.591. The SMILES string of the molecule is CC(C=O)N(Nc1cccc(C(=O)NC(C)(C)C)c1NC1CC1)C(=O)OC(C)(C)C. The Morgan fingerprint density at radius 3 is 2.30 bits per heavy atom. The van der Waals surface area contributed by atoms with Crippen LogP contribution in [0.1, 0.15) is 71.7 Å². The van der Waals surface area contributed by atoms with E-state index in [1.54, 1.807) is 45.9 Å². The number of para-hydroxylation sites is 1. The van der Waals surface area contributed by atoms with Gasteiger partial charge in [0.2, 0.25) is 0 Å². The van der Waals surface area contributed by atoms with Crippen LogP contribution in [0.5, 0.6) is 0 Å². The first-order valence-corrected chi connectivity index (χ1v) is 10.3. The topological polar surface area (TPSA) is 99.8 Å². The molecule has 0 saturated heterocycles. The number of ether oxygens (including phenoxy) is 1. The Morgan fingerprint density at radius 1 is 1.17 bits per heavy atom. The molecule has 1 aromatic rings. The molecular formula is C22H34N4O4. The molecule has 1 aliphatic rings. The van der Waals surface area contributed by atoms with Crippen LogP contribution in [0, 0.1) is 0 Å². The van der Waals surface area contributed by atoms with Crippen molar-refractivity contribution in [2.75, 3.05) is 10.7 Å². The second kappa shape index (κ2) is 8.93. The highest BCUT2D eigenvalue weighted by atomic mass is 16.6. The van der Waals surface area contributed by atoms with E-state index in [-0.39, 0.29) is 11.9 Å². The van der Waals surface area contributed by atoms with E-state index in [0.29, 0.717) is 23.2 Å². The Bertz CT molecular complexity index is 791.